The number of phenolic OH excluding ortho intramolecular Hbond substituents is 1. The second-order valence-corrected chi connectivity index (χ2v) is 6.29. The van der Waals surface area contributed by atoms with E-state index in [0.717, 1.165) is 28.5 Å². The summed E-state index contributed by atoms with van der Waals surface area (Å²) in [7, 11) is 0. The molecular weight excluding hydrogens is 345 g/mol. The molecule has 0 saturated carbocycles. The van der Waals surface area contributed by atoms with Crippen molar-refractivity contribution in [2.75, 3.05) is 5.32 Å². The number of hydrogen-bond donors (Lipinski definition) is 2. The van der Waals surface area contributed by atoms with Gasteiger partial charge in [0.1, 0.15) is 17.2 Å². The summed E-state index contributed by atoms with van der Waals surface area (Å²) in [6.45, 7) is 2.02. The number of nitrogens with zero attached hydrogens (tertiary/aromatic N) is 2. The molecule has 0 aliphatic rings. The average molecular weight is 361 g/mol. The van der Waals surface area contributed by atoms with Crippen molar-refractivity contribution in [3.8, 4) is 17.0 Å². The number of fused-ring (bicyclic) bond motifs is 1. The Morgan fingerprint density at radius 3 is 2.59 bits per heavy atom. The van der Waals surface area contributed by atoms with Gasteiger partial charge < -0.3 is 14.8 Å². The van der Waals surface area contributed by atoms with Gasteiger partial charge in [0.2, 0.25) is 0 Å². The van der Waals surface area contributed by atoms with Gasteiger partial charge >= 0.3 is 0 Å². The molecule has 2 aromatic heterocycles. The van der Waals surface area contributed by atoms with Crippen LogP contribution in [0.1, 0.15) is 15.9 Å². The molecule has 0 bridgehead atoms. The second-order valence-electron chi connectivity index (χ2n) is 6.29. The van der Waals surface area contributed by atoms with Gasteiger partial charge in [0.25, 0.3) is 5.91 Å². The van der Waals surface area contributed by atoms with E-state index in [0.29, 0.717) is 5.69 Å². The van der Waals surface area contributed by atoms with E-state index in [1.165, 1.54) is 12.1 Å². The lowest BCUT2D eigenvalue weighted by molar-refractivity contribution is 0.102. The minimum atomic E-state index is -0.774. The molecule has 134 valence electrons. The van der Waals surface area contributed by atoms with Gasteiger partial charge in [-0.15, -0.1) is 0 Å². The Bertz CT molecular complexity index is 1150. The Labute approximate surface area is 154 Å². The van der Waals surface area contributed by atoms with Gasteiger partial charge in [-0.2, -0.15) is 0 Å². The Morgan fingerprint density at radius 2 is 1.85 bits per heavy atom. The number of aromatic nitrogens is 2. The van der Waals surface area contributed by atoms with E-state index in [9.17, 15) is 14.3 Å². The second kappa shape index (κ2) is 6.57. The topological polar surface area (TPSA) is 66.6 Å². The van der Waals surface area contributed by atoms with E-state index in [4.69, 9.17) is 0 Å². The molecule has 0 atom stereocenters. The number of hydrogen-bond acceptors (Lipinski definition) is 3. The molecule has 5 nitrogen and oxygen atoms in total. The van der Waals surface area contributed by atoms with Crippen LogP contribution in [-0.4, -0.2) is 20.4 Å². The molecule has 4 aromatic rings. The van der Waals surface area contributed by atoms with Crippen LogP contribution in [0.3, 0.4) is 0 Å². The summed E-state index contributed by atoms with van der Waals surface area (Å²) in [6.07, 6.45) is 3.95. The molecule has 6 heteroatoms. The Balaban J connectivity index is 1.55. The minimum absolute atomic E-state index is 0.132. The van der Waals surface area contributed by atoms with E-state index >= 15 is 0 Å². The number of aromatic hydroxyl groups is 1. The van der Waals surface area contributed by atoms with Gasteiger partial charge in [-0.05, 0) is 42.8 Å². The summed E-state index contributed by atoms with van der Waals surface area (Å²) in [5, 5.41) is 11.9. The third-order valence-corrected chi connectivity index (χ3v) is 4.23. The quantitative estimate of drug-likeness (QED) is 0.568. The number of amides is 1. The summed E-state index contributed by atoms with van der Waals surface area (Å²) in [6, 6.07) is 14.5. The molecule has 2 heterocycles. The van der Waals surface area contributed by atoms with Crippen molar-refractivity contribution in [3.05, 3.63) is 83.9 Å². The maximum absolute atomic E-state index is 13.8. The number of benzene rings is 2. The summed E-state index contributed by atoms with van der Waals surface area (Å²) >= 11 is 0. The van der Waals surface area contributed by atoms with Crippen molar-refractivity contribution in [2.24, 2.45) is 0 Å². The zero-order chi connectivity index (χ0) is 19.0. The summed E-state index contributed by atoms with van der Waals surface area (Å²) in [5.41, 5.74) is 4.14. The highest BCUT2D eigenvalue weighted by molar-refractivity contribution is 6.04. The first-order chi connectivity index (χ1) is 13.0. The number of rotatable bonds is 3. The van der Waals surface area contributed by atoms with Crippen LogP contribution in [0.25, 0.3) is 16.9 Å². The third kappa shape index (κ3) is 3.37. The Morgan fingerprint density at radius 1 is 1.07 bits per heavy atom. The fraction of sp³-hybridized carbons (Fsp3) is 0.0476. The predicted octanol–water partition coefficient (Wildman–Crippen LogP) is 4.41. The lowest BCUT2D eigenvalue weighted by atomic mass is 10.1. The van der Waals surface area contributed by atoms with Crippen LogP contribution in [0.2, 0.25) is 0 Å². The molecule has 2 aromatic carbocycles. The van der Waals surface area contributed by atoms with E-state index in [1.54, 1.807) is 12.1 Å². The normalized spacial score (nSPS) is 10.9. The van der Waals surface area contributed by atoms with Crippen LogP contribution in [0, 0.1) is 12.7 Å². The molecule has 27 heavy (non-hydrogen) atoms. The van der Waals surface area contributed by atoms with Crippen LogP contribution in [0.15, 0.2) is 67.0 Å². The van der Waals surface area contributed by atoms with Crippen molar-refractivity contribution >= 4 is 17.2 Å². The number of pyridine rings is 1. The Hall–Kier alpha value is -3.67. The Kier molecular flexibility index (Phi) is 4.08. The van der Waals surface area contributed by atoms with E-state index in [-0.39, 0.29) is 11.3 Å². The van der Waals surface area contributed by atoms with Crippen LogP contribution in [0.4, 0.5) is 10.1 Å². The molecular formula is C21H16FN3O2. The van der Waals surface area contributed by atoms with E-state index < -0.39 is 11.7 Å². The first-order valence-electron chi connectivity index (χ1n) is 8.35. The number of nitrogens with one attached hydrogen (secondary N) is 1. The number of anilines is 1. The first-order valence-corrected chi connectivity index (χ1v) is 8.35. The number of carbonyl (C=O) groups excluding carboxylic acids is 1. The van der Waals surface area contributed by atoms with E-state index in [2.05, 4.69) is 10.3 Å². The van der Waals surface area contributed by atoms with Gasteiger partial charge in [0.15, 0.2) is 0 Å². The molecule has 0 saturated heterocycles. The van der Waals surface area contributed by atoms with Gasteiger partial charge in [-0.25, -0.2) is 9.37 Å². The highest BCUT2D eigenvalue weighted by atomic mass is 19.1. The predicted molar refractivity (Wildman–Crippen MR) is 101 cm³/mol. The van der Waals surface area contributed by atoms with Gasteiger partial charge in [-0.1, -0.05) is 18.2 Å². The number of imidazole rings is 1. The van der Waals surface area contributed by atoms with Crippen LogP contribution in [0.5, 0.6) is 5.75 Å². The number of carbonyl (C=O) groups is 1. The summed E-state index contributed by atoms with van der Waals surface area (Å²) in [5.74, 6) is -1.58. The van der Waals surface area contributed by atoms with Crippen molar-refractivity contribution in [2.45, 2.75) is 6.92 Å². The highest BCUT2D eigenvalue weighted by Crippen LogP contribution is 2.22. The fourth-order valence-electron chi connectivity index (χ4n) is 2.85. The lowest BCUT2D eigenvalue weighted by Gasteiger charge is -2.07. The smallest absolute Gasteiger partial charge is 0.258 e. The molecule has 2 N–H and O–H groups in total. The van der Waals surface area contributed by atoms with Crippen molar-refractivity contribution in [3.63, 3.8) is 0 Å². The largest absolute Gasteiger partial charge is 0.508 e. The summed E-state index contributed by atoms with van der Waals surface area (Å²) < 4.78 is 15.8. The molecule has 4 rings (SSSR count). The zero-order valence-corrected chi connectivity index (χ0v) is 14.5. The minimum Gasteiger partial charge on any atom is -0.508 e. The standard InChI is InChI=1S/C21H16FN3O2/c1-13-2-9-20-24-19(12-25(20)11-13)14-3-5-15(6-4-14)23-21(27)17-8-7-16(26)10-18(17)22/h2-12,26H,1H3,(H,23,27). The SMILES string of the molecule is Cc1ccc2nc(-c3ccc(NC(=O)c4ccc(O)cc4F)cc3)cn2c1. The van der Waals surface area contributed by atoms with Gasteiger partial charge in [-0.3, -0.25) is 4.79 Å². The monoisotopic (exact) mass is 361 g/mol. The number of halogens is 1. The number of aryl methyl sites for hydroxylation is 1. The third-order valence-electron chi connectivity index (χ3n) is 4.23. The van der Waals surface area contributed by atoms with Crippen LogP contribution in [-0.2, 0) is 0 Å². The van der Waals surface area contributed by atoms with Gasteiger partial charge in [0, 0.05) is 29.7 Å². The van der Waals surface area contributed by atoms with E-state index in [1.807, 2.05) is 48.0 Å². The molecule has 0 unspecified atom stereocenters. The molecule has 0 radical (unpaired) electrons. The molecule has 0 aliphatic carbocycles. The lowest BCUT2D eigenvalue weighted by Crippen LogP contribution is -2.13. The zero-order valence-electron chi connectivity index (χ0n) is 14.5. The van der Waals surface area contributed by atoms with Crippen molar-refractivity contribution in [1.29, 1.82) is 0 Å². The average Bonchev–Trinajstić information content (AvgIpc) is 3.05. The van der Waals surface area contributed by atoms with Gasteiger partial charge in [0.05, 0.1) is 11.3 Å². The molecule has 0 fully saturated rings. The molecule has 0 spiro atoms. The van der Waals surface area contributed by atoms with Crippen molar-refractivity contribution < 1.29 is 14.3 Å². The molecule has 0 aliphatic heterocycles. The summed E-state index contributed by atoms with van der Waals surface area (Å²) in [4.78, 5) is 16.8. The first kappa shape index (κ1) is 16.8. The maximum atomic E-state index is 13.8. The molecule has 1 amide bonds. The maximum Gasteiger partial charge on any atom is 0.258 e. The highest BCUT2D eigenvalue weighted by Gasteiger charge is 2.13. The van der Waals surface area contributed by atoms with Crippen LogP contribution < -0.4 is 5.32 Å². The van der Waals surface area contributed by atoms with Crippen LogP contribution >= 0.6 is 0 Å². The number of phenols is 1. The van der Waals surface area contributed by atoms with Crippen molar-refractivity contribution in [1.82, 2.24) is 9.38 Å². The fourth-order valence-corrected chi connectivity index (χ4v) is 2.85.